The average molecular weight is 192 g/mol. The Bertz CT molecular complexity index is 307. The molecule has 0 radical (unpaired) electrons. The lowest BCUT2D eigenvalue weighted by Gasteiger charge is -2.37. The molecule has 2 nitrogen and oxygen atoms in total. The zero-order valence-electron chi connectivity index (χ0n) is 9.54. The Hall–Kier alpha value is -0.860. The van der Waals surface area contributed by atoms with Crippen LogP contribution in [-0.2, 0) is 5.54 Å². The van der Waals surface area contributed by atoms with E-state index in [0.717, 1.165) is 0 Å². The van der Waals surface area contributed by atoms with Crippen LogP contribution < -0.4 is 5.73 Å². The molecule has 0 fully saturated rings. The van der Waals surface area contributed by atoms with Gasteiger partial charge in [-0.25, -0.2) is 0 Å². The Morgan fingerprint density at radius 2 is 1.86 bits per heavy atom. The Morgan fingerprint density at radius 3 is 2.29 bits per heavy atom. The number of hydrogen-bond acceptors (Lipinski definition) is 2. The van der Waals surface area contributed by atoms with E-state index in [1.165, 1.54) is 11.1 Å². The summed E-state index contributed by atoms with van der Waals surface area (Å²) in [6.07, 6.45) is 0. The molecule has 1 rings (SSSR count). The van der Waals surface area contributed by atoms with E-state index in [4.69, 9.17) is 5.73 Å². The Morgan fingerprint density at radius 1 is 1.29 bits per heavy atom. The molecule has 14 heavy (non-hydrogen) atoms. The minimum absolute atomic E-state index is 0.0641. The van der Waals surface area contributed by atoms with Crippen molar-refractivity contribution in [2.24, 2.45) is 5.73 Å². The molecule has 1 aromatic carbocycles. The van der Waals surface area contributed by atoms with Crippen molar-refractivity contribution < 1.29 is 0 Å². The summed E-state index contributed by atoms with van der Waals surface area (Å²) in [5.74, 6) is 0. The smallest absolute Gasteiger partial charge is 0.0552 e. The molecule has 1 aromatic rings. The summed E-state index contributed by atoms with van der Waals surface area (Å²) in [4.78, 5) is 2.18. The molecular formula is C12H20N2. The lowest BCUT2D eigenvalue weighted by Crippen LogP contribution is -2.45. The van der Waals surface area contributed by atoms with Gasteiger partial charge in [0, 0.05) is 6.54 Å². The second-order valence-electron chi connectivity index (χ2n) is 4.19. The van der Waals surface area contributed by atoms with Crippen molar-refractivity contribution in [1.82, 2.24) is 4.90 Å². The summed E-state index contributed by atoms with van der Waals surface area (Å²) >= 11 is 0. The predicted molar refractivity (Wildman–Crippen MR) is 61.3 cm³/mol. The third-order valence-electron chi connectivity index (χ3n) is 3.11. The molecule has 0 unspecified atom stereocenters. The summed E-state index contributed by atoms with van der Waals surface area (Å²) in [5.41, 5.74) is 8.42. The van der Waals surface area contributed by atoms with Crippen LogP contribution in [0.2, 0.25) is 0 Å². The minimum Gasteiger partial charge on any atom is -0.328 e. The summed E-state index contributed by atoms with van der Waals surface area (Å²) in [6, 6.07) is 8.42. The van der Waals surface area contributed by atoms with E-state index in [1.807, 2.05) is 0 Å². The number of benzene rings is 1. The van der Waals surface area contributed by atoms with Crippen LogP contribution in [0.3, 0.4) is 0 Å². The van der Waals surface area contributed by atoms with Crippen molar-refractivity contribution >= 4 is 0 Å². The maximum Gasteiger partial charge on any atom is 0.0552 e. The molecule has 0 amide bonds. The molecule has 2 N–H and O–H groups in total. The third kappa shape index (κ3) is 1.81. The molecule has 0 saturated carbocycles. The maximum atomic E-state index is 5.87. The van der Waals surface area contributed by atoms with Crippen molar-refractivity contribution in [3.8, 4) is 0 Å². The lowest BCUT2D eigenvalue weighted by molar-refractivity contribution is 0.182. The van der Waals surface area contributed by atoms with Gasteiger partial charge in [-0.3, -0.25) is 4.90 Å². The summed E-state index contributed by atoms with van der Waals surface area (Å²) in [5, 5.41) is 0. The number of nitrogens with zero attached hydrogens (tertiary/aromatic N) is 1. The van der Waals surface area contributed by atoms with Crippen molar-refractivity contribution in [2.45, 2.75) is 19.4 Å². The average Bonchev–Trinajstić information content (AvgIpc) is 2.17. The number of aryl methyl sites for hydroxylation is 1. The van der Waals surface area contributed by atoms with Gasteiger partial charge in [0.05, 0.1) is 5.54 Å². The first-order chi connectivity index (χ1) is 6.52. The molecule has 0 saturated heterocycles. The number of rotatable bonds is 3. The zero-order chi connectivity index (χ0) is 10.8. The first kappa shape index (κ1) is 11.2. The highest BCUT2D eigenvalue weighted by Gasteiger charge is 2.28. The minimum atomic E-state index is -0.0641. The van der Waals surface area contributed by atoms with Gasteiger partial charge in [0.1, 0.15) is 0 Å². The zero-order valence-corrected chi connectivity index (χ0v) is 9.54. The van der Waals surface area contributed by atoms with E-state index < -0.39 is 0 Å². The molecule has 0 bridgehead atoms. The molecule has 0 aliphatic rings. The van der Waals surface area contributed by atoms with Crippen LogP contribution in [0.1, 0.15) is 18.1 Å². The lowest BCUT2D eigenvalue weighted by atomic mass is 9.87. The van der Waals surface area contributed by atoms with Crippen LogP contribution >= 0.6 is 0 Å². The first-order valence-corrected chi connectivity index (χ1v) is 4.96. The molecule has 78 valence electrons. The van der Waals surface area contributed by atoms with Gasteiger partial charge in [0.15, 0.2) is 0 Å². The van der Waals surface area contributed by atoms with Crippen LogP contribution in [-0.4, -0.2) is 25.5 Å². The monoisotopic (exact) mass is 192 g/mol. The van der Waals surface area contributed by atoms with Crippen molar-refractivity contribution in [3.05, 3.63) is 35.4 Å². The Balaban J connectivity index is 3.19. The van der Waals surface area contributed by atoms with E-state index in [9.17, 15) is 0 Å². The van der Waals surface area contributed by atoms with Gasteiger partial charge in [0.25, 0.3) is 0 Å². The number of likely N-dealkylation sites (N-methyl/N-ethyl adjacent to an activating group) is 1. The molecule has 0 aliphatic carbocycles. The Kier molecular flexibility index (Phi) is 3.29. The van der Waals surface area contributed by atoms with E-state index in [0.29, 0.717) is 6.54 Å². The fourth-order valence-electron chi connectivity index (χ4n) is 1.71. The highest BCUT2D eigenvalue weighted by molar-refractivity contribution is 5.32. The molecule has 0 spiro atoms. The standard InChI is InChI=1S/C12H20N2/c1-10-7-5-6-8-11(10)12(2,9-13)14(3)4/h5-8H,9,13H2,1-4H3/t12-/m0/s1. The SMILES string of the molecule is Cc1ccccc1[C@](C)(CN)N(C)C. The topological polar surface area (TPSA) is 29.3 Å². The van der Waals surface area contributed by atoms with Gasteiger partial charge in [0.2, 0.25) is 0 Å². The van der Waals surface area contributed by atoms with Crippen LogP contribution in [0.25, 0.3) is 0 Å². The van der Waals surface area contributed by atoms with Gasteiger partial charge in [-0.1, -0.05) is 24.3 Å². The summed E-state index contributed by atoms with van der Waals surface area (Å²) in [7, 11) is 4.14. The number of nitrogens with two attached hydrogens (primary N) is 1. The second-order valence-corrected chi connectivity index (χ2v) is 4.19. The quantitative estimate of drug-likeness (QED) is 0.790. The van der Waals surface area contributed by atoms with Crippen LogP contribution in [0.5, 0.6) is 0 Å². The maximum absolute atomic E-state index is 5.87. The van der Waals surface area contributed by atoms with E-state index in [-0.39, 0.29) is 5.54 Å². The van der Waals surface area contributed by atoms with Gasteiger partial charge in [-0.15, -0.1) is 0 Å². The normalized spacial score (nSPS) is 15.6. The molecule has 0 heterocycles. The molecule has 1 atom stereocenters. The predicted octanol–water partition coefficient (Wildman–Crippen LogP) is 1.73. The highest BCUT2D eigenvalue weighted by atomic mass is 15.1. The van der Waals surface area contributed by atoms with E-state index >= 15 is 0 Å². The second kappa shape index (κ2) is 4.11. The van der Waals surface area contributed by atoms with Gasteiger partial charge >= 0.3 is 0 Å². The summed E-state index contributed by atoms with van der Waals surface area (Å²) in [6.45, 7) is 4.94. The largest absolute Gasteiger partial charge is 0.328 e. The van der Waals surface area contributed by atoms with Crippen LogP contribution in [0.4, 0.5) is 0 Å². The fraction of sp³-hybridized carbons (Fsp3) is 0.500. The van der Waals surface area contributed by atoms with E-state index in [2.05, 4.69) is 57.1 Å². The third-order valence-corrected chi connectivity index (χ3v) is 3.11. The molecule has 2 heteroatoms. The van der Waals surface area contributed by atoms with E-state index in [1.54, 1.807) is 0 Å². The summed E-state index contributed by atoms with van der Waals surface area (Å²) < 4.78 is 0. The van der Waals surface area contributed by atoms with Crippen molar-refractivity contribution in [3.63, 3.8) is 0 Å². The molecular weight excluding hydrogens is 172 g/mol. The fourth-order valence-corrected chi connectivity index (χ4v) is 1.71. The Labute approximate surface area is 86.7 Å². The highest BCUT2D eigenvalue weighted by Crippen LogP contribution is 2.27. The number of hydrogen-bond donors (Lipinski definition) is 1. The van der Waals surface area contributed by atoms with Crippen LogP contribution in [0.15, 0.2) is 24.3 Å². The van der Waals surface area contributed by atoms with Crippen molar-refractivity contribution in [1.29, 1.82) is 0 Å². The molecule has 0 aromatic heterocycles. The van der Waals surface area contributed by atoms with Gasteiger partial charge in [-0.05, 0) is 39.1 Å². The van der Waals surface area contributed by atoms with Crippen LogP contribution in [0, 0.1) is 6.92 Å². The molecule has 0 aliphatic heterocycles. The van der Waals surface area contributed by atoms with Crippen molar-refractivity contribution in [2.75, 3.05) is 20.6 Å². The van der Waals surface area contributed by atoms with Gasteiger partial charge < -0.3 is 5.73 Å². The van der Waals surface area contributed by atoms with Gasteiger partial charge in [-0.2, -0.15) is 0 Å². The first-order valence-electron chi connectivity index (χ1n) is 4.96.